The number of rotatable bonds is 1. The minimum absolute atomic E-state index is 0.317. The minimum Gasteiger partial charge on any atom is -0.379 e. The van der Waals surface area contributed by atoms with Crippen LogP contribution in [0.25, 0.3) is 0 Å². The van der Waals surface area contributed by atoms with Gasteiger partial charge in [0.05, 0.1) is 6.61 Å². The van der Waals surface area contributed by atoms with Crippen LogP contribution in [0.5, 0.6) is 0 Å². The monoisotopic (exact) mass is 224 g/mol. The fourth-order valence-electron chi connectivity index (χ4n) is 3.71. The molecule has 3 heteroatoms. The summed E-state index contributed by atoms with van der Waals surface area (Å²) in [5, 5.41) is 3.78. The predicted molar refractivity (Wildman–Crippen MR) is 64.6 cm³/mol. The van der Waals surface area contributed by atoms with Gasteiger partial charge in [0, 0.05) is 37.3 Å². The summed E-state index contributed by atoms with van der Waals surface area (Å²) in [5.41, 5.74) is 0.765. The van der Waals surface area contributed by atoms with Crippen molar-refractivity contribution in [2.75, 3.05) is 32.8 Å². The standard InChI is InChI=1S/C13H24N2O/c1-12(6-9-16-11-12)15-8-7-14-13(10-15)4-2-3-5-13/h14H,2-11H2,1H3. The molecule has 2 aliphatic heterocycles. The molecule has 2 saturated heterocycles. The van der Waals surface area contributed by atoms with Crippen molar-refractivity contribution in [3.05, 3.63) is 0 Å². The van der Waals surface area contributed by atoms with Gasteiger partial charge >= 0.3 is 0 Å². The third kappa shape index (κ3) is 1.79. The zero-order valence-corrected chi connectivity index (χ0v) is 10.4. The van der Waals surface area contributed by atoms with Crippen LogP contribution in [0.4, 0.5) is 0 Å². The molecular weight excluding hydrogens is 200 g/mol. The van der Waals surface area contributed by atoms with Crippen molar-refractivity contribution in [1.82, 2.24) is 10.2 Å². The van der Waals surface area contributed by atoms with Gasteiger partial charge in [-0.2, -0.15) is 0 Å². The SMILES string of the molecule is CC1(N2CCNC3(CCCC3)C2)CCOC1. The van der Waals surface area contributed by atoms with Crippen molar-refractivity contribution in [3.8, 4) is 0 Å². The molecule has 0 bridgehead atoms. The van der Waals surface area contributed by atoms with Crippen LogP contribution in [0.1, 0.15) is 39.0 Å². The number of nitrogens with zero attached hydrogens (tertiary/aromatic N) is 1. The molecule has 1 N–H and O–H groups in total. The van der Waals surface area contributed by atoms with Gasteiger partial charge in [0.2, 0.25) is 0 Å². The first-order valence-corrected chi connectivity index (χ1v) is 6.80. The maximum atomic E-state index is 5.60. The van der Waals surface area contributed by atoms with Crippen molar-refractivity contribution in [1.29, 1.82) is 0 Å². The molecule has 0 aromatic heterocycles. The Morgan fingerprint density at radius 2 is 2.00 bits per heavy atom. The average molecular weight is 224 g/mol. The molecule has 1 atom stereocenters. The van der Waals surface area contributed by atoms with Crippen LogP contribution in [0, 0.1) is 0 Å². The molecule has 2 heterocycles. The lowest BCUT2D eigenvalue weighted by Gasteiger charge is -2.48. The first-order chi connectivity index (χ1) is 7.73. The van der Waals surface area contributed by atoms with E-state index >= 15 is 0 Å². The van der Waals surface area contributed by atoms with Gasteiger partial charge in [0.15, 0.2) is 0 Å². The maximum absolute atomic E-state index is 5.60. The summed E-state index contributed by atoms with van der Waals surface area (Å²) in [6.45, 7) is 7.87. The Labute approximate surface area is 98.5 Å². The second kappa shape index (κ2) is 3.97. The molecule has 0 radical (unpaired) electrons. The Hall–Kier alpha value is -0.120. The van der Waals surface area contributed by atoms with Crippen LogP contribution in [-0.4, -0.2) is 48.8 Å². The first-order valence-electron chi connectivity index (χ1n) is 6.80. The maximum Gasteiger partial charge on any atom is 0.0648 e. The van der Waals surface area contributed by atoms with Crippen molar-refractivity contribution in [3.63, 3.8) is 0 Å². The highest BCUT2D eigenvalue weighted by Gasteiger charge is 2.44. The van der Waals surface area contributed by atoms with Gasteiger partial charge in [0.25, 0.3) is 0 Å². The third-order valence-electron chi connectivity index (χ3n) is 4.90. The molecule has 0 aromatic carbocycles. The lowest BCUT2D eigenvalue weighted by atomic mass is 9.89. The van der Waals surface area contributed by atoms with Gasteiger partial charge < -0.3 is 10.1 Å². The number of ether oxygens (including phenoxy) is 1. The summed E-state index contributed by atoms with van der Waals surface area (Å²) in [5.74, 6) is 0. The fourth-order valence-corrected chi connectivity index (χ4v) is 3.71. The molecule has 0 amide bonds. The summed E-state index contributed by atoms with van der Waals surface area (Å²) in [6.07, 6.45) is 6.78. The molecule has 16 heavy (non-hydrogen) atoms. The van der Waals surface area contributed by atoms with Gasteiger partial charge in [0.1, 0.15) is 0 Å². The number of hydrogen-bond donors (Lipinski definition) is 1. The zero-order chi connectivity index (χ0) is 11.1. The van der Waals surface area contributed by atoms with E-state index in [-0.39, 0.29) is 0 Å². The lowest BCUT2D eigenvalue weighted by Crippen LogP contribution is -2.64. The summed E-state index contributed by atoms with van der Waals surface area (Å²) in [6, 6.07) is 0. The van der Waals surface area contributed by atoms with Crippen molar-refractivity contribution in [2.24, 2.45) is 0 Å². The van der Waals surface area contributed by atoms with Crippen molar-refractivity contribution in [2.45, 2.75) is 50.1 Å². The second-order valence-corrected chi connectivity index (χ2v) is 6.14. The van der Waals surface area contributed by atoms with E-state index in [9.17, 15) is 0 Å². The highest BCUT2D eigenvalue weighted by atomic mass is 16.5. The molecule has 3 fully saturated rings. The Morgan fingerprint density at radius 3 is 2.69 bits per heavy atom. The fraction of sp³-hybridized carbons (Fsp3) is 1.00. The smallest absolute Gasteiger partial charge is 0.0648 e. The molecule has 1 aliphatic carbocycles. The van der Waals surface area contributed by atoms with E-state index in [1.165, 1.54) is 45.2 Å². The normalized spacial score (nSPS) is 39.6. The van der Waals surface area contributed by atoms with Gasteiger partial charge in [-0.25, -0.2) is 0 Å². The van der Waals surface area contributed by atoms with E-state index in [4.69, 9.17) is 4.74 Å². The van der Waals surface area contributed by atoms with Gasteiger partial charge in [-0.3, -0.25) is 4.90 Å². The van der Waals surface area contributed by atoms with Gasteiger partial charge in [-0.1, -0.05) is 12.8 Å². The quantitative estimate of drug-likeness (QED) is 0.728. The number of nitrogens with one attached hydrogen (secondary N) is 1. The van der Waals surface area contributed by atoms with Crippen molar-refractivity contribution >= 4 is 0 Å². The summed E-state index contributed by atoms with van der Waals surface area (Å²) in [7, 11) is 0. The van der Waals surface area contributed by atoms with E-state index < -0.39 is 0 Å². The van der Waals surface area contributed by atoms with Crippen LogP contribution in [-0.2, 0) is 4.74 Å². The van der Waals surface area contributed by atoms with Crippen molar-refractivity contribution < 1.29 is 4.74 Å². The summed E-state index contributed by atoms with van der Waals surface area (Å²) in [4.78, 5) is 2.70. The molecule has 3 aliphatic rings. The molecule has 1 unspecified atom stereocenters. The summed E-state index contributed by atoms with van der Waals surface area (Å²) < 4.78 is 5.60. The Kier molecular flexibility index (Phi) is 2.73. The van der Waals surface area contributed by atoms with E-state index in [2.05, 4.69) is 17.1 Å². The van der Waals surface area contributed by atoms with Crippen LogP contribution in [0.2, 0.25) is 0 Å². The lowest BCUT2D eigenvalue weighted by molar-refractivity contribution is 0.0281. The molecule has 1 spiro atoms. The molecule has 1 saturated carbocycles. The first kappa shape index (κ1) is 11.0. The van der Waals surface area contributed by atoms with Crippen LogP contribution in [0.15, 0.2) is 0 Å². The topological polar surface area (TPSA) is 24.5 Å². The van der Waals surface area contributed by atoms with Crippen LogP contribution < -0.4 is 5.32 Å². The second-order valence-electron chi connectivity index (χ2n) is 6.14. The van der Waals surface area contributed by atoms with Gasteiger partial charge in [-0.15, -0.1) is 0 Å². The van der Waals surface area contributed by atoms with Crippen LogP contribution >= 0.6 is 0 Å². The highest BCUT2D eigenvalue weighted by molar-refractivity contribution is 5.02. The highest BCUT2D eigenvalue weighted by Crippen LogP contribution is 2.36. The molecular formula is C13H24N2O. The Balaban J connectivity index is 1.72. The average Bonchev–Trinajstić information content (AvgIpc) is 2.90. The number of piperazine rings is 1. The minimum atomic E-state index is 0.317. The Morgan fingerprint density at radius 1 is 1.19 bits per heavy atom. The molecule has 0 aromatic rings. The van der Waals surface area contributed by atoms with Gasteiger partial charge in [-0.05, 0) is 26.2 Å². The molecule has 3 rings (SSSR count). The van der Waals surface area contributed by atoms with E-state index in [1.54, 1.807) is 0 Å². The van der Waals surface area contributed by atoms with E-state index in [0.29, 0.717) is 11.1 Å². The molecule has 92 valence electrons. The molecule has 3 nitrogen and oxygen atoms in total. The van der Waals surface area contributed by atoms with Crippen LogP contribution in [0.3, 0.4) is 0 Å². The van der Waals surface area contributed by atoms with E-state index in [0.717, 1.165) is 19.8 Å². The Bertz CT molecular complexity index is 245. The number of hydrogen-bond acceptors (Lipinski definition) is 3. The largest absolute Gasteiger partial charge is 0.379 e. The zero-order valence-electron chi connectivity index (χ0n) is 10.4. The third-order valence-corrected chi connectivity index (χ3v) is 4.90. The van der Waals surface area contributed by atoms with E-state index in [1.807, 2.05) is 0 Å². The summed E-state index contributed by atoms with van der Waals surface area (Å²) >= 11 is 0. The predicted octanol–water partition coefficient (Wildman–Crippen LogP) is 1.38.